The van der Waals surface area contributed by atoms with Crippen LogP contribution in [0.3, 0.4) is 0 Å². The van der Waals surface area contributed by atoms with Crippen LogP contribution in [0.15, 0.2) is 48.5 Å². The number of hydrogen-bond donors (Lipinski definition) is 1. The lowest BCUT2D eigenvalue weighted by atomic mass is 9.96. The highest BCUT2D eigenvalue weighted by Gasteiger charge is 2.12. The van der Waals surface area contributed by atoms with E-state index in [0.29, 0.717) is 0 Å². The molecule has 1 N–H and O–H groups in total. The number of benzene rings is 2. The second-order valence-corrected chi connectivity index (χ2v) is 5.31. The van der Waals surface area contributed by atoms with Crippen molar-refractivity contribution in [2.75, 3.05) is 26.0 Å². The normalized spacial score (nSPS) is 12.2. The smallest absolute Gasteiger partial charge is 0.0575 e. The van der Waals surface area contributed by atoms with Crippen LogP contribution in [-0.4, -0.2) is 21.1 Å². The third-order valence-corrected chi connectivity index (χ3v) is 3.70. The second-order valence-electron chi connectivity index (χ2n) is 5.31. The number of anilines is 1. The Labute approximate surface area is 122 Å². The van der Waals surface area contributed by atoms with Crippen LogP contribution in [0, 0.1) is 0 Å². The van der Waals surface area contributed by atoms with Crippen molar-refractivity contribution in [3.63, 3.8) is 0 Å². The van der Waals surface area contributed by atoms with Crippen molar-refractivity contribution >= 4 is 5.69 Å². The molecule has 0 aliphatic rings. The van der Waals surface area contributed by atoms with Gasteiger partial charge >= 0.3 is 0 Å². The molecule has 2 heteroatoms. The molecular weight excluding hydrogens is 244 g/mol. The van der Waals surface area contributed by atoms with Crippen molar-refractivity contribution in [3.05, 3.63) is 65.2 Å². The highest BCUT2D eigenvalue weighted by Crippen LogP contribution is 2.25. The molecule has 0 aromatic heterocycles. The first kappa shape index (κ1) is 14.6. The fraction of sp³-hybridized carbons (Fsp3) is 0.333. The standard InChI is InChI=1S/C18H24N2/c1-5-14-8-6-9-15(12-14)18(19-2)16-10-7-11-17(13-16)20(3)4/h6-13,18-19H,5H2,1-4H3. The van der Waals surface area contributed by atoms with E-state index in [4.69, 9.17) is 0 Å². The first-order valence-electron chi connectivity index (χ1n) is 7.19. The van der Waals surface area contributed by atoms with Gasteiger partial charge < -0.3 is 10.2 Å². The monoisotopic (exact) mass is 268 g/mol. The SMILES string of the molecule is CCc1cccc(C(NC)c2cccc(N(C)C)c2)c1. The molecule has 0 aliphatic heterocycles. The summed E-state index contributed by atoms with van der Waals surface area (Å²) in [5, 5.41) is 3.43. The quantitative estimate of drug-likeness (QED) is 0.891. The van der Waals surface area contributed by atoms with Crippen LogP contribution in [-0.2, 0) is 6.42 Å². The van der Waals surface area contributed by atoms with Gasteiger partial charge in [-0.1, -0.05) is 43.3 Å². The van der Waals surface area contributed by atoms with Crippen molar-refractivity contribution in [3.8, 4) is 0 Å². The van der Waals surface area contributed by atoms with Crippen LogP contribution in [0.4, 0.5) is 5.69 Å². The van der Waals surface area contributed by atoms with Crippen molar-refractivity contribution in [2.24, 2.45) is 0 Å². The maximum atomic E-state index is 3.43. The average Bonchev–Trinajstić information content (AvgIpc) is 2.48. The van der Waals surface area contributed by atoms with E-state index < -0.39 is 0 Å². The van der Waals surface area contributed by atoms with Gasteiger partial charge in [0.05, 0.1) is 6.04 Å². The molecule has 1 atom stereocenters. The Morgan fingerprint density at radius 1 is 1.00 bits per heavy atom. The Hall–Kier alpha value is -1.80. The van der Waals surface area contributed by atoms with Crippen LogP contribution in [0.1, 0.15) is 29.7 Å². The van der Waals surface area contributed by atoms with Crippen molar-refractivity contribution in [1.82, 2.24) is 5.32 Å². The number of hydrogen-bond acceptors (Lipinski definition) is 2. The summed E-state index contributed by atoms with van der Waals surface area (Å²) in [7, 11) is 6.17. The lowest BCUT2D eigenvalue weighted by molar-refractivity contribution is 0.690. The number of rotatable bonds is 5. The van der Waals surface area contributed by atoms with Crippen LogP contribution >= 0.6 is 0 Å². The van der Waals surface area contributed by atoms with Crippen molar-refractivity contribution in [2.45, 2.75) is 19.4 Å². The Bertz CT molecular complexity index is 561. The van der Waals surface area contributed by atoms with Gasteiger partial charge in [0.2, 0.25) is 0 Å². The molecular formula is C18H24N2. The molecule has 0 amide bonds. The molecule has 2 aromatic carbocycles. The molecule has 0 saturated carbocycles. The van der Waals surface area contributed by atoms with Crippen LogP contribution in [0.2, 0.25) is 0 Å². The van der Waals surface area contributed by atoms with Gasteiger partial charge in [-0.2, -0.15) is 0 Å². The first-order chi connectivity index (χ1) is 9.65. The van der Waals surface area contributed by atoms with Gasteiger partial charge in [0.25, 0.3) is 0 Å². The molecule has 0 aliphatic carbocycles. The minimum absolute atomic E-state index is 0.237. The Kier molecular flexibility index (Phi) is 4.80. The molecule has 0 radical (unpaired) electrons. The van der Waals surface area contributed by atoms with E-state index in [1.165, 1.54) is 22.4 Å². The Morgan fingerprint density at radius 3 is 2.25 bits per heavy atom. The molecule has 0 spiro atoms. The van der Waals surface area contributed by atoms with Crippen LogP contribution in [0.25, 0.3) is 0 Å². The van der Waals surface area contributed by atoms with Gasteiger partial charge in [-0.15, -0.1) is 0 Å². The highest BCUT2D eigenvalue weighted by atomic mass is 15.1. The van der Waals surface area contributed by atoms with Crippen LogP contribution < -0.4 is 10.2 Å². The minimum Gasteiger partial charge on any atom is -0.378 e. The van der Waals surface area contributed by atoms with Crippen LogP contribution in [0.5, 0.6) is 0 Å². The summed E-state index contributed by atoms with van der Waals surface area (Å²) in [6, 6.07) is 17.8. The zero-order valence-electron chi connectivity index (χ0n) is 12.9. The molecule has 0 saturated heterocycles. The molecule has 2 aromatic rings. The van der Waals surface area contributed by atoms with Crippen molar-refractivity contribution in [1.29, 1.82) is 0 Å². The molecule has 2 nitrogen and oxygen atoms in total. The fourth-order valence-electron chi connectivity index (χ4n) is 2.50. The van der Waals surface area contributed by atoms with E-state index in [9.17, 15) is 0 Å². The lowest BCUT2D eigenvalue weighted by Gasteiger charge is -2.20. The topological polar surface area (TPSA) is 15.3 Å². The van der Waals surface area contributed by atoms with Crippen molar-refractivity contribution < 1.29 is 0 Å². The van der Waals surface area contributed by atoms with Gasteiger partial charge in [0.1, 0.15) is 0 Å². The van der Waals surface area contributed by atoms with Gasteiger partial charge in [-0.25, -0.2) is 0 Å². The number of nitrogens with zero attached hydrogens (tertiary/aromatic N) is 1. The molecule has 0 bridgehead atoms. The highest BCUT2D eigenvalue weighted by molar-refractivity contribution is 5.49. The molecule has 0 heterocycles. The molecule has 20 heavy (non-hydrogen) atoms. The summed E-state index contributed by atoms with van der Waals surface area (Å²) in [6.45, 7) is 2.19. The zero-order chi connectivity index (χ0) is 14.5. The molecule has 106 valence electrons. The predicted octanol–water partition coefficient (Wildman–Crippen LogP) is 3.62. The minimum atomic E-state index is 0.237. The largest absolute Gasteiger partial charge is 0.378 e. The lowest BCUT2D eigenvalue weighted by Crippen LogP contribution is -2.18. The number of nitrogens with one attached hydrogen (secondary N) is 1. The van der Waals surface area contributed by atoms with E-state index in [1.54, 1.807) is 0 Å². The van der Waals surface area contributed by atoms with Gasteiger partial charge in [-0.3, -0.25) is 0 Å². The third-order valence-electron chi connectivity index (χ3n) is 3.70. The summed E-state index contributed by atoms with van der Waals surface area (Å²) >= 11 is 0. The first-order valence-corrected chi connectivity index (χ1v) is 7.19. The maximum Gasteiger partial charge on any atom is 0.0575 e. The summed E-state index contributed by atoms with van der Waals surface area (Å²) in [4.78, 5) is 2.14. The van der Waals surface area contributed by atoms with E-state index >= 15 is 0 Å². The predicted molar refractivity (Wildman–Crippen MR) is 87.5 cm³/mol. The zero-order valence-corrected chi connectivity index (χ0v) is 12.9. The third kappa shape index (κ3) is 3.20. The Balaban J connectivity index is 2.38. The van der Waals surface area contributed by atoms with E-state index in [2.05, 4.69) is 79.8 Å². The van der Waals surface area contributed by atoms with E-state index in [-0.39, 0.29) is 6.04 Å². The van der Waals surface area contributed by atoms with E-state index in [1.807, 2.05) is 7.05 Å². The van der Waals surface area contributed by atoms with E-state index in [0.717, 1.165) is 6.42 Å². The summed E-state index contributed by atoms with van der Waals surface area (Å²) < 4.78 is 0. The maximum absolute atomic E-state index is 3.43. The Morgan fingerprint density at radius 2 is 1.65 bits per heavy atom. The molecule has 1 unspecified atom stereocenters. The van der Waals surface area contributed by atoms with Gasteiger partial charge in [0, 0.05) is 19.8 Å². The summed E-state index contributed by atoms with van der Waals surface area (Å²) in [5.74, 6) is 0. The molecule has 2 rings (SSSR count). The average molecular weight is 268 g/mol. The second kappa shape index (κ2) is 6.58. The molecule has 0 fully saturated rings. The fourth-order valence-corrected chi connectivity index (χ4v) is 2.50. The van der Waals surface area contributed by atoms with Gasteiger partial charge in [0.15, 0.2) is 0 Å². The number of aryl methyl sites for hydroxylation is 1. The summed E-state index contributed by atoms with van der Waals surface area (Å²) in [6.07, 6.45) is 1.07. The van der Waals surface area contributed by atoms with Gasteiger partial charge in [-0.05, 0) is 42.3 Å². The summed E-state index contributed by atoms with van der Waals surface area (Å²) in [5.41, 5.74) is 5.23.